The molecule has 1 atom stereocenters. The number of carboxylic acid groups (broad SMARTS) is 1. The van der Waals surface area contributed by atoms with Crippen LogP contribution < -0.4 is 10.6 Å². The Labute approximate surface area is 125 Å². The molecule has 116 valence electrons. The van der Waals surface area contributed by atoms with Crippen LogP contribution in [0.15, 0.2) is 18.5 Å². The first-order chi connectivity index (χ1) is 10.0. The second kappa shape index (κ2) is 8.94. The first-order valence-electron chi connectivity index (χ1n) is 7.28. The van der Waals surface area contributed by atoms with Gasteiger partial charge in [0.1, 0.15) is 0 Å². The molecule has 0 radical (unpaired) electrons. The van der Waals surface area contributed by atoms with Crippen LogP contribution >= 0.6 is 0 Å². The van der Waals surface area contributed by atoms with Gasteiger partial charge < -0.3 is 15.7 Å². The van der Waals surface area contributed by atoms with Crippen LogP contribution in [0.3, 0.4) is 0 Å². The number of rotatable bonds is 8. The summed E-state index contributed by atoms with van der Waals surface area (Å²) in [7, 11) is 0. The highest BCUT2D eigenvalue weighted by molar-refractivity contribution is 5.92. The molecule has 1 rings (SSSR count). The monoisotopic (exact) mass is 293 g/mol. The Kier molecular flexibility index (Phi) is 7.21. The molecule has 6 nitrogen and oxygen atoms in total. The number of pyridine rings is 1. The fourth-order valence-electron chi connectivity index (χ4n) is 1.97. The Bertz CT molecular complexity index is 477. The minimum Gasteiger partial charge on any atom is -0.478 e. The average Bonchev–Trinajstić information content (AvgIpc) is 2.43. The molecule has 0 aliphatic carbocycles. The lowest BCUT2D eigenvalue weighted by atomic mass is 10.1. The quantitative estimate of drug-likeness (QED) is 0.641. The van der Waals surface area contributed by atoms with E-state index in [2.05, 4.69) is 22.5 Å². The molecule has 0 aliphatic rings. The summed E-state index contributed by atoms with van der Waals surface area (Å²) in [5.74, 6) is -1.07. The number of unbranched alkanes of at least 4 members (excludes halogenated alkanes) is 3. The van der Waals surface area contributed by atoms with Crippen LogP contribution in [0.4, 0.5) is 10.5 Å². The molecule has 0 saturated heterocycles. The van der Waals surface area contributed by atoms with Gasteiger partial charge in [-0.3, -0.25) is 4.98 Å². The number of anilines is 1. The molecule has 0 fully saturated rings. The molecule has 0 spiro atoms. The summed E-state index contributed by atoms with van der Waals surface area (Å²) in [6.07, 6.45) is 8.25. The number of urea groups is 1. The third kappa shape index (κ3) is 6.74. The molecule has 1 aromatic rings. The van der Waals surface area contributed by atoms with Crippen LogP contribution in [-0.2, 0) is 0 Å². The van der Waals surface area contributed by atoms with Crippen LogP contribution in [0.2, 0.25) is 0 Å². The molecule has 0 aliphatic heterocycles. The second-order valence-electron chi connectivity index (χ2n) is 5.12. The van der Waals surface area contributed by atoms with Gasteiger partial charge in [-0.1, -0.05) is 32.6 Å². The number of aromatic nitrogens is 1. The van der Waals surface area contributed by atoms with Crippen LogP contribution in [0.25, 0.3) is 0 Å². The van der Waals surface area contributed by atoms with Crippen LogP contribution in [0.1, 0.15) is 56.3 Å². The number of nitrogens with one attached hydrogen (secondary N) is 2. The van der Waals surface area contributed by atoms with Crippen LogP contribution in [-0.4, -0.2) is 28.1 Å². The SMILES string of the molecule is CCCCCCC(C)NC(=O)Nc1cncc(C(=O)O)c1. The number of carbonyl (C=O) groups is 2. The molecular formula is C15H23N3O3. The van der Waals surface area contributed by atoms with E-state index >= 15 is 0 Å². The third-order valence-electron chi connectivity index (χ3n) is 3.11. The number of carbonyl (C=O) groups excluding carboxylic acids is 1. The Morgan fingerprint density at radius 1 is 1.29 bits per heavy atom. The smallest absolute Gasteiger partial charge is 0.337 e. The third-order valence-corrected chi connectivity index (χ3v) is 3.11. The van der Waals surface area contributed by atoms with Crippen molar-refractivity contribution in [2.75, 3.05) is 5.32 Å². The predicted octanol–water partition coefficient (Wildman–Crippen LogP) is 3.26. The Balaban J connectivity index is 2.39. The first kappa shape index (κ1) is 16.9. The lowest BCUT2D eigenvalue weighted by Gasteiger charge is -2.14. The lowest BCUT2D eigenvalue weighted by Crippen LogP contribution is -2.36. The molecule has 0 saturated carbocycles. The summed E-state index contributed by atoms with van der Waals surface area (Å²) >= 11 is 0. The summed E-state index contributed by atoms with van der Waals surface area (Å²) in [5, 5.41) is 14.3. The van der Waals surface area contributed by atoms with Crippen molar-refractivity contribution < 1.29 is 14.7 Å². The first-order valence-corrected chi connectivity index (χ1v) is 7.28. The Morgan fingerprint density at radius 3 is 2.71 bits per heavy atom. The number of hydrogen-bond donors (Lipinski definition) is 3. The normalized spacial score (nSPS) is 11.7. The van der Waals surface area contributed by atoms with Crippen LogP contribution in [0, 0.1) is 0 Å². The maximum atomic E-state index is 11.8. The van der Waals surface area contributed by atoms with E-state index < -0.39 is 5.97 Å². The number of nitrogens with zero attached hydrogens (tertiary/aromatic N) is 1. The molecule has 1 aromatic heterocycles. The van der Waals surface area contributed by atoms with Crippen molar-refractivity contribution >= 4 is 17.7 Å². The van der Waals surface area contributed by atoms with Crippen molar-refractivity contribution in [3.05, 3.63) is 24.0 Å². The zero-order valence-electron chi connectivity index (χ0n) is 12.6. The fraction of sp³-hybridized carbons (Fsp3) is 0.533. The fourth-order valence-corrected chi connectivity index (χ4v) is 1.97. The molecule has 1 heterocycles. The number of amides is 2. The molecule has 6 heteroatoms. The largest absolute Gasteiger partial charge is 0.478 e. The molecule has 0 aromatic carbocycles. The van der Waals surface area contributed by atoms with Gasteiger partial charge in [0, 0.05) is 12.2 Å². The summed E-state index contributed by atoms with van der Waals surface area (Å²) < 4.78 is 0. The van der Waals surface area contributed by atoms with E-state index in [9.17, 15) is 9.59 Å². The van der Waals surface area contributed by atoms with E-state index in [4.69, 9.17) is 5.11 Å². The number of hydrogen-bond acceptors (Lipinski definition) is 3. The van der Waals surface area contributed by atoms with Gasteiger partial charge >= 0.3 is 12.0 Å². The Hall–Kier alpha value is -2.11. The minimum atomic E-state index is -1.07. The number of carboxylic acids is 1. The summed E-state index contributed by atoms with van der Waals surface area (Å²) in [4.78, 5) is 26.4. The van der Waals surface area contributed by atoms with Crippen molar-refractivity contribution in [1.82, 2.24) is 10.3 Å². The van der Waals surface area contributed by atoms with Crippen LogP contribution in [0.5, 0.6) is 0 Å². The molecule has 3 N–H and O–H groups in total. The van der Waals surface area contributed by atoms with Crippen molar-refractivity contribution in [2.24, 2.45) is 0 Å². The molecular weight excluding hydrogens is 270 g/mol. The van der Waals surface area contributed by atoms with E-state index in [1.807, 2.05) is 6.92 Å². The highest BCUT2D eigenvalue weighted by atomic mass is 16.4. The van der Waals surface area contributed by atoms with Gasteiger partial charge in [0.15, 0.2) is 0 Å². The zero-order valence-corrected chi connectivity index (χ0v) is 12.6. The molecule has 1 unspecified atom stereocenters. The van der Waals surface area contributed by atoms with E-state index in [-0.39, 0.29) is 17.6 Å². The second-order valence-corrected chi connectivity index (χ2v) is 5.12. The molecule has 21 heavy (non-hydrogen) atoms. The summed E-state index contributed by atoms with van der Waals surface area (Å²) in [5.41, 5.74) is 0.408. The van der Waals surface area contributed by atoms with Gasteiger partial charge in [0.05, 0.1) is 17.4 Å². The van der Waals surface area contributed by atoms with Crippen molar-refractivity contribution in [3.8, 4) is 0 Å². The van der Waals surface area contributed by atoms with Gasteiger partial charge in [-0.05, 0) is 19.4 Å². The zero-order chi connectivity index (χ0) is 15.7. The number of aromatic carboxylic acids is 1. The van der Waals surface area contributed by atoms with Crippen molar-refractivity contribution in [3.63, 3.8) is 0 Å². The van der Waals surface area contributed by atoms with Crippen molar-refractivity contribution in [2.45, 2.75) is 52.0 Å². The van der Waals surface area contributed by atoms with Gasteiger partial charge in [-0.15, -0.1) is 0 Å². The average molecular weight is 293 g/mol. The van der Waals surface area contributed by atoms with Gasteiger partial charge in [-0.25, -0.2) is 9.59 Å². The van der Waals surface area contributed by atoms with Gasteiger partial charge in [-0.2, -0.15) is 0 Å². The van der Waals surface area contributed by atoms with Gasteiger partial charge in [0.2, 0.25) is 0 Å². The standard InChI is InChI=1S/C15H23N3O3/c1-3-4-5-6-7-11(2)17-15(21)18-13-8-12(14(19)20)9-16-10-13/h8-11H,3-7H2,1-2H3,(H,19,20)(H2,17,18,21). The van der Waals surface area contributed by atoms with Gasteiger partial charge in [0.25, 0.3) is 0 Å². The van der Waals surface area contributed by atoms with E-state index in [1.165, 1.54) is 37.7 Å². The van der Waals surface area contributed by atoms with Crippen molar-refractivity contribution in [1.29, 1.82) is 0 Å². The van der Waals surface area contributed by atoms with E-state index in [0.29, 0.717) is 5.69 Å². The molecule has 2 amide bonds. The van der Waals surface area contributed by atoms with E-state index in [0.717, 1.165) is 12.8 Å². The highest BCUT2D eigenvalue weighted by Crippen LogP contribution is 2.09. The van der Waals surface area contributed by atoms with E-state index in [1.54, 1.807) is 0 Å². The predicted molar refractivity (Wildman–Crippen MR) is 81.6 cm³/mol. The summed E-state index contributed by atoms with van der Waals surface area (Å²) in [6.45, 7) is 4.12. The summed E-state index contributed by atoms with van der Waals surface area (Å²) in [6, 6.07) is 1.11. The Morgan fingerprint density at radius 2 is 2.05 bits per heavy atom. The maximum absolute atomic E-state index is 11.8. The minimum absolute atomic E-state index is 0.0421. The topological polar surface area (TPSA) is 91.3 Å². The highest BCUT2D eigenvalue weighted by Gasteiger charge is 2.09. The lowest BCUT2D eigenvalue weighted by molar-refractivity contribution is 0.0696. The maximum Gasteiger partial charge on any atom is 0.337 e. The molecule has 0 bridgehead atoms.